The van der Waals surface area contributed by atoms with E-state index in [1.165, 1.54) is 16.3 Å². The fraction of sp³-hybridized carbons (Fsp3) is 0.450. The van der Waals surface area contributed by atoms with E-state index in [2.05, 4.69) is 36.1 Å². The molecule has 2 aromatic carbocycles. The summed E-state index contributed by atoms with van der Waals surface area (Å²) in [5.74, 6) is -0.826. The van der Waals surface area contributed by atoms with Crippen molar-refractivity contribution in [3.63, 3.8) is 0 Å². The van der Waals surface area contributed by atoms with Crippen LogP contribution in [0.1, 0.15) is 31.4 Å². The number of piperidine rings is 1. The molecule has 2 aromatic rings. The lowest BCUT2D eigenvalue weighted by atomic mass is 9.92. The highest BCUT2D eigenvalue weighted by atomic mass is 19.4. The number of hydrogen-bond donors (Lipinski definition) is 1. The van der Waals surface area contributed by atoms with Gasteiger partial charge >= 0.3 is 6.18 Å². The molecule has 1 amide bonds. The Morgan fingerprint density at radius 3 is 2.50 bits per heavy atom. The smallest absolute Gasteiger partial charge is 0.347 e. The molecule has 3 nitrogen and oxygen atoms in total. The van der Waals surface area contributed by atoms with Gasteiger partial charge in [0.05, 0.1) is 0 Å². The summed E-state index contributed by atoms with van der Waals surface area (Å²) in [6.45, 7) is 2.30. The molecule has 0 radical (unpaired) electrons. The Labute approximate surface area is 151 Å². The van der Waals surface area contributed by atoms with Gasteiger partial charge in [-0.15, -0.1) is 0 Å². The van der Waals surface area contributed by atoms with Crippen LogP contribution in [0, 0.1) is 5.92 Å². The number of carbonyl (C=O) groups excluding carboxylic acids is 1. The number of hydrogen-bond acceptors (Lipinski definition) is 2. The molecule has 0 bridgehead atoms. The average molecular weight is 364 g/mol. The summed E-state index contributed by atoms with van der Waals surface area (Å²) in [4.78, 5) is 14.2. The summed E-state index contributed by atoms with van der Waals surface area (Å²) in [6.07, 6.45) is -3.20. The molecule has 26 heavy (non-hydrogen) atoms. The van der Waals surface area contributed by atoms with Crippen LogP contribution in [-0.2, 0) is 4.79 Å². The van der Waals surface area contributed by atoms with Gasteiger partial charge < -0.3 is 5.32 Å². The van der Waals surface area contributed by atoms with Crippen molar-refractivity contribution in [1.82, 2.24) is 10.2 Å². The second-order valence-corrected chi connectivity index (χ2v) is 6.89. The van der Waals surface area contributed by atoms with Crippen molar-refractivity contribution in [3.8, 4) is 0 Å². The molecule has 1 aliphatic heterocycles. The van der Waals surface area contributed by atoms with Gasteiger partial charge in [-0.3, -0.25) is 9.69 Å². The number of rotatable bonds is 4. The van der Waals surface area contributed by atoms with Crippen LogP contribution in [-0.4, -0.2) is 36.6 Å². The molecular weight excluding hydrogens is 341 g/mol. The molecule has 1 saturated heterocycles. The molecule has 1 unspecified atom stereocenters. The minimum atomic E-state index is -4.36. The third kappa shape index (κ3) is 4.36. The van der Waals surface area contributed by atoms with Crippen LogP contribution in [0.5, 0.6) is 0 Å². The summed E-state index contributed by atoms with van der Waals surface area (Å²) in [6, 6.07) is 14.7. The van der Waals surface area contributed by atoms with Crippen molar-refractivity contribution >= 4 is 16.7 Å². The summed E-state index contributed by atoms with van der Waals surface area (Å²) in [7, 11) is 0. The van der Waals surface area contributed by atoms with Crippen LogP contribution in [0.15, 0.2) is 42.5 Å². The Morgan fingerprint density at radius 1 is 1.15 bits per heavy atom. The van der Waals surface area contributed by atoms with Crippen LogP contribution in [0.4, 0.5) is 13.2 Å². The van der Waals surface area contributed by atoms with E-state index in [-0.39, 0.29) is 12.0 Å². The molecule has 1 N–H and O–H groups in total. The van der Waals surface area contributed by atoms with E-state index in [9.17, 15) is 18.0 Å². The Hall–Kier alpha value is -2.08. The Morgan fingerprint density at radius 2 is 1.81 bits per heavy atom. The minimum absolute atomic E-state index is 0.195. The molecular formula is C20H23F3N2O. The highest BCUT2D eigenvalue weighted by Gasteiger charge is 2.32. The molecule has 140 valence electrons. The number of halogens is 3. The number of amides is 1. The number of alkyl halides is 3. The first-order valence-corrected chi connectivity index (χ1v) is 8.91. The Kier molecular flexibility index (Phi) is 5.51. The second kappa shape index (κ2) is 7.66. The van der Waals surface area contributed by atoms with Crippen molar-refractivity contribution in [3.05, 3.63) is 48.0 Å². The zero-order valence-electron chi connectivity index (χ0n) is 14.7. The SMILES string of the molecule is CC(c1cccc2ccccc12)N1CCC(C(=O)NCC(F)(F)F)CC1. The standard InChI is InChI=1S/C20H23F3N2O/c1-14(17-8-4-6-15-5-2-3-7-18(15)17)25-11-9-16(10-12-25)19(26)24-13-20(21,22)23/h2-8,14,16H,9-13H2,1H3,(H,24,26). The average Bonchev–Trinajstić information content (AvgIpc) is 2.64. The minimum Gasteiger partial charge on any atom is -0.347 e. The predicted molar refractivity (Wildman–Crippen MR) is 95.7 cm³/mol. The van der Waals surface area contributed by atoms with Gasteiger partial charge in [-0.1, -0.05) is 42.5 Å². The third-order valence-corrected chi connectivity index (χ3v) is 5.18. The van der Waals surface area contributed by atoms with Crippen LogP contribution in [0.25, 0.3) is 10.8 Å². The maximum atomic E-state index is 12.2. The lowest BCUT2D eigenvalue weighted by molar-refractivity contribution is -0.141. The number of carbonyl (C=O) groups is 1. The zero-order chi connectivity index (χ0) is 18.7. The lowest BCUT2D eigenvalue weighted by Gasteiger charge is -2.36. The maximum Gasteiger partial charge on any atom is 0.405 e. The monoisotopic (exact) mass is 364 g/mol. The van der Waals surface area contributed by atoms with Gasteiger partial charge in [0.15, 0.2) is 0 Å². The maximum absolute atomic E-state index is 12.2. The first-order valence-electron chi connectivity index (χ1n) is 8.91. The van der Waals surface area contributed by atoms with Gasteiger partial charge in [-0.05, 0) is 49.2 Å². The number of benzene rings is 2. The van der Waals surface area contributed by atoms with Gasteiger partial charge in [0.1, 0.15) is 6.54 Å². The zero-order valence-corrected chi connectivity index (χ0v) is 14.7. The van der Waals surface area contributed by atoms with Gasteiger partial charge in [-0.2, -0.15) is 13.2 Å². The normalized spacial score (nSPS) is 18.0. The van der Waals surface area contributed by atoms with Crippen LogP contribution in [0.2, 0.25) is 0 Å². The van der Waals surface area contributed by atoms with Crippen LogP contribution in [0.3, 0.4) is 0 Å². The van der Waals surface area contributed by atoms with Crippen molar-refractivity contribution in [2.75, 3.05) is 19.6 Å². The quantitative estimate of drug-likeness (QED) is 0.878. The highest BCUT2D eigenvalue weighted by Crippen LogP contribution is 2.31. The van der Waals surface area contributed by atoms with Gasteiger partial charge in [0, 0.05) is 12.0 Å². The van der Waals surface area contributed by atoms with E-state index in [4.69, 9.17) is 0 Å². The lowest BCUT2D eigenvalue weighted by Crippen LogP contribution is -2.43. The van der Waals surface area contributed by atoms with Crippen molar-refractivity contribution < 1.29 is 18.0 Å². The number of fused-ring (bicyclic) bond motifs is 1. The number of likely N-dealkylation sites (tertiary alicyclic amines) is 1. The molecule has 0 aromatic heterocycles. The Balaban J connectivity index is 1.61. The van der Waals surface area contributed by atoms with Gasteiger partial charge in [-0.25, -0.2) is 0 Å². The molecule has 6 heteroatoms. The topological polar surface area (TPSA) is 32.3 Å². The third-order valence-electron chi connectivity index (χ3n) is 5.18. The molecule has 0 aliphatic carbocycles. The molecule has 3 rings (SSSR count). The van der Waals surface area contributed by atoms with E-state index in [1.807, 2.05) is 23.5 Å². The predicted octanol–water partition coefficient (Wildman–Crippen LogP) is 4.29. The molecule has 0 saturated carbocycles. The van der Waals surface area contributed by atoms with Crippen LogP contribution < -0.4 is 5.32 Å². The summed E-state index contributed by atoms with van der Waals surface area (Å²) < 4.78 is 36.7. The molecule has 1 aliphatic rings. The second-order valence-electron chi connectivity index (χ2n) is 6.89. The number of nitrogens with one attached hydrogen (secondary N) is 1. The number of nitrogens with zero attached hydrogens (tertiary/aromatic N) is 1. The summed E-state index contributed by atoms with van der Waals surface area (Å²) >= 11 is 0. The van der Waals surface area contributed by atoms with Crippen molar-refractivity contribution in [1.29, 1.82) is 0 Å². The van der Waals surface area contributed by atoms with Crippen LogP contribution >= 0.6 is 0 Å². The van der Waals surface area contributed by atoms with E-state index in [0.29, 0.717) is 25.9 Å². The first-order chi connectivity index (χ1) is 12.3. The van der Waals surface area contributed by atoms with Crippen molar-refractivity contribution in [2.24, 2.45) is 5.92 Å². The van der Waals surface area contributed by atoms with Crippen molar-refractivity contribution in [2.45, 2.75) is 32.0 Å². The molecule has 1 fully saturated rings. The van der Waals surface area contributed by atoms with E-state index >= 15 is 0 Å². The van der Waals surface area contributed by atoms with Gasteiger partial charge in [0.25, 0.3) is 0 Å². The van der Waals surface area contributed by atoms with E-state index in [1.54, 1.807) is 0 Å². The Bertz CT molecular complexity index is 762. The largest absolute Gasteiger partial charge is 0.405 e. The van der Waals surface area contributed by atoms with Gasteiger partial charge in [0.2, 0.25) is 5.91 Å². The van der Waals surface area contributed by atoms with E-state index < -0.39 is 18.6 Å². The molecule has 1 atom stereocenters. The summed E-state index contributed by atoms with van der Waals surface area (Å²) in [5, 5.41) is 4.42. The molecule has 0 spiro atoms. The van der Waals surface area contributed by atoms with E-state index in [0.717, 1.165) is 0 Å². The fourth-order valence-electron chi connectivity index (χ4n) is 3.69. The fourth-order valence-corrected chi connectivity index (χ4v) is 3.69. The first kappa shape index (κ1) is 18.7. The molecule has 1 heterocycles. The summed E-state index contributed by atoms with van der Waals surface area (Å²) in [5.41, 5.74) is 1.24. The highest BCUT2D eigenvalue weighted by molar-refractivity contribution is 5.86.